The maximum absolute atomic E-state index is 12.7. The molecule has 0 saturated heterocycles. The first-order valence-corrected chi connectivity index (χ1v) is 11.8. The Bertz CT molecular complexity index is 1340. The smallest absolute Gasteiger partial charge is 0.266 e. The Balaban J connectivity index is 1.71. The van der Waals surface area contributed by atoms with Gasteiger partial charge in [-0.15, -0.1) is 0 Å². The molecular formula is C24H23N5O4S. The van der Waals surface area contributed by atoms with Crippen molar-refractivity contribution in [1.29, 1.82) is 5.26 Å². The summed E-state index contributed by atoms with van der Waals surface area (Å²) in [6.07, 6.45) is 1.46. The first-order chi connectivity index (χ1) is 16.2. The van der Waals surface area contributed by atoms with Crippen molar-refractivity contribution < 1.29 is 17.9 Å². The van der Waals surface area contributed by atoms with Gasteiger partial charge >= 0.3 is 0 Å². The number of amides is 1. The quantitative estimate of drug-likeness (QED) is 0.372. The molecule has 1 aromatic heterocycles. The number of aromatic nitrogens is 2. The van der Waals surface area contributed by atoms with Crippen LogP contribution in [0, 0.1) is 25.2 Å². The molecule has 0 aliphatic rings. The molecule has 0 aliphatic heterocycles. The predicted octanol–water partition coefficient (Wildman–Crippen LogP) is 3.84. The van der Waals surface area contributed by atoms with E-state index >= 15 is 0 Å². The third-order valence-electron chi connectivity index (χ3n) is 4.49. The van der Waals surface area contributed by atoms with E-state index in [0.717, 1.165) is 0 Å². The van der Waals surface area contributed by atoms with Crippen LogP contribution in [0.4, 0.5) is 11.5 Å². The number of hydrogen-bond acceptors (Lipinski definition) is 7. The number of carbonyl (C=O) groups is 1. The minimum absolute atomic E-state index is 0.00939. The Kier molecular flexibility index (Phi) is 7.60. The molecule has 2 N–H and O–H groups in total. The number of anilines is 2. The molecule has 0 fully saturated rings. The molecule has 0 atom stereocenters. The van der Waals surface area contributed by atoms with Gasteiger partial charge in [0.1, 0.15) is 29.0 Å². The second kappa shape index (κ2) is 10.6. The molecule has 1 heterocycles. The fraction of sp³-hybridized carbons (Fsp3) is 0.167. The minimum Gasteiger partial charge on any atom is -0.494 e. The summed E-state index contributed by atoms with van der Waals surface area (Å²) in [5, 5.41) is 12.0. The van der Waals surface area contributed by atoms with Crippen LogP contribution >= 0.6 is 0 Å². The van der Waals surface area contributed by atoms with Crippen LogP contribution < -0.4 is 14.8 Å². The van der Waals surface area contributed by atoms with Gasteiger partial charge in [-0.3, -0.25) is 9.52 Å². The molecule has 1 amide bonds. The molecule has 174 valence electrons. The normalized spacial score (nSPS) is 11.4. The van der Waals surface area contributed by atoms with Gasteiger partial charge in [-0.1, -0.05) is 12.1 Å². The SMILES string of the molecule is CCOc1ccc(/C=C(\C#N)C(=O)Nc2ccc(S(=O)(=O)Nc3cc(C)nc(C)n3)cc2)cc1. The lowest BCUT2D eigenvalue weighted by Gasteiger charge is -2.10. The molecule has 0 unspecified atom stereocenters. The Morgan fingerprint density at radius 1 is 1.09 bits per heavy atom. The van der Waals surface area contributed by atoms with E-state index in [1.165, 1.54) is 36.4 Å². The summed E-state index contributed by atoms with van der Waals surface area (Å²) in [6, 6.07) is 16.0. The van der Waals surface area contributed by atoms with Crippen molar-refractivity contribution in [2.45, 2.75) is 25.7 Å². The number of benzene rings is 2. The molecule has 3 aromatic rings. The van der Waals surface area contributed by atoms with Crippen LogP contribution in [0.25, 0.3) is 6.08 Å². The summed E-state index contributed by atoms with van der Waals surface area (Å²) in [6.45, 7) is 5.83. The van der Waals surface area contributed by atoms with Gasteiger partial charge in [-0.05, 0) is 68.8 Å². The van der Waals surface area contributed by atoms with E-state index in [2.05, 4.69) is 20.0 Å². The summed E-state index contributed by atoms with van der Waals surface area (Å²) in [5.74, 6) is 0.692. The highest BCUT2D eigenvalue weighted by Crippen LogP contribution is 2.19. The van der Waals surface area contributed by atoms with E-state index in [1.54, 1.807) is 38.1 Å². The Hall–Kier alpha value is -4.23. The van der Waals surface area contributed by atoms with Gasteiger partial charge in [0.15, 0.2) is 0 Å². The van der Waals surface area contributed by atoms with Crippen LogP contribution in [-0.2, 0) is 14.8 Å². The standard InChI is InChI=1S/C24H23N5O4S/c1-4-33-21-9-5-18(6-10-21)14-19(15-25)24(30)28-20-7-11-22(12-8-20)34(31,32)29-23-13-16(2)26-17(3)27-23/h5-14H,4H2,1-3H3,(H,28,30)(H,26,27,29)/b19-14+. The number of hydrogen-bond donors (Lipinski definition) is 2. The van der Waals surface area contributed by atoms with E-state index in [-0.39, 0.29) is 16.3 Å². The van der Waals surface area contributed by atoms with Crippen molar-refractivity contribution in [3.8, 4) is 11.8 Å². The maximum atomic E-state index is 12.7. The van der Waals surface area contributed by atoms with Gasteiger partial charge in [0, 0.05) is 17.4 Å². The third kappa shape index (κ3) is 6.40. The monoisotopic (exact) mass is 477 g/mol. The zero-order valence-electron chi connectivity index (χ0n) is 18.9. The van der Waals surface area contributed by atoms with Crippen molar-refractivity contribution >= 4 is 33.5 Å². The largest absolute Gasteiger partial charge is 0.494 e. The Morgan fingerprint density at radius 3 is 2.35 bits per heavy atom. The second-order valence-corrected chi connectivity index (χ2v) is 8.88. The summed E-state index contributed by atoms with van der Waals surface area (Å²) in [7, 11) is -3.89. The average Bonchev–Trinajstić information content (AvgIpc) is 2.78. The Morgan fingerprint density at radius 2 is 1.76 bits per heavy atom. The van der Waals surface area contributed by atoms with E-state index in [4.69, 9.17) is 4.74 Å². The second-order valence-electron chi connectivity index (χ2n) is 7.20. The highest BCUT2D eigenvalue weighted by Gasteiger charge is 2.16. The molecule has 3 rings (SSSR count). The van der Waals surface area contributed by atoms with Crippen molar-refractivity contribution in [2.24, 2.45) is 0 Å². The first-order valence-electron chi connectivity index (χ1n) is 10.3. The lowest BCUT2D eigenvalue weighted by Crippen LogP contribution is -2.16. The zero-order valence-corrected chi connectivity index (χ0v) is 19.7. The van der Waals surface area contributed by atoms with E-state index < -0.39 is 15.9 Å². The summed E-state index contributed by atoms with van der Waals surface area (Å²) in [5.41, 5.74) is 1.54. The predicted molar refractivity (Wildman–Crippen MR) is 129 cm³/mol. The number of aryl methyl sites for hydroxylation is 2. The lowest BCUT2D eigenvalue weighted by atomic mass is 10.1. The maximum Gasteiger partial charge on any atom is 0.266 e. The Labute approximate surface area is 198 Å². The number of rotatable bonds is 8. The van der Waals surface area contributed by atoms with Crippen molar-refractivity contribution in [3.63, 3.8) is 0 Å². The molecule has 9 nitrogen and oxygen atoms in total. The van der Waals surface area contributed by atoms with Crippen LogP contribution in [0.5, 0.6) is 5.75 Å². The average molecular weight is 478 g/mol. The highest BCUT2D eigenvalue weighted by atomic mass is 32.2. The lowest BCUT2D eigenvalue weighted by molar-refractivity contribution is -0.112. The first kappa shape index (κ1) is 24.4. The number of sulfonamides is 1. The van der Waals surface area contributed by atoms with E-state index in [9.17, 15) is 18.5 Å². The molecule has 0 aliphatic carbocycles. The molecule has 0 spiro atoms. The molecule has 0 radical (unpaired) electrons. The van der Waals surface area contributed by atoms with E-state index in [1.807, 2.05) is 13.0 Å². The van der Waals surface area contributed by atoms with Crippen LogP contribution in [0.2, 0.25) is 0 Å². The van der Waals surface area contributed by atoms with Crippen LogP contribution in [-0.4, -0.2) is 30.9 Å². The zero-order chi connectivity index (χ0) is 24.7. The van der Waals surface area contributed by atoms with Gasteiger partial charge < -0.3 is 10.1 Å². The number of nitrogens with zero attached hydrogens (tertiary/aromatic N) is 3. The van der Waals surface area contributed by atoms with Crippen LogP contribution in [0.3, 0.4) is 0 Å². The molecule has 0 bridgehead atoms. The van der Waals surface area contributed by atoms with Crippen molar-refractivity contribution in [3.05, 3.63) is 77.3 Å². The number of ether oxygens (including phenoxy) is 1. The van der Waals surface area contributed by atoms with Gasteiger partial charge in [-0.25, -0.2) is 18.4 Å². The van der Waals surface area contributed by atoms with Gasteiger partial charge in [-0.2, -0.15) is 5.26 Å². The number of nitriles is 1. The fourth-order valence-corrected chi connectivity index (χ4v) is 4.02. The molecular weight excluding hydrogens is 454 g/mol. The number of nitrogens with one attached hydrogen (secondary N) is 2. The topological polar surface area (TPSA) is 134 Å². The third-order valence-corrected chi connectivity index (χ3v) is 5.87. The molecule has 34 heavy (non-hydrogen) atoms. The molecule has 2 aromatic carbocycles. The molecule has 0 saturated carbocycles. The van der Waals surface area contributed by atoms with Gasteiger partial charge in [0.05, 0.1) is 11.5 Å². The van der Waals surface area contributed by atoms with Gasteiger partial charge in [0.25, 0.3) is 15.9 Å². The fourth-order valence-electron chi connectivity index (χ4n) is 3.02. The number of carbonyl (C=O) groups excluding carboxylic acids is 1. The van der Waals surface area contributed by atoms with Gasteiger partial charge in [0.2, 0.25) is 0 Å². The summed E-state index contributed by atoms with van der Waals surface area (Å²) in [4.78, 5) is 20.7. The van der Waals surface area contributed by atoms with Crippen LogP contribution in [0.15, 0.2) is 65.1 Å². The van der Waals surface area contributed by atoms with E-state index in [0.29, 0.717) is 35.1 Å². The minimum atomic E-state index is -3.89. The van der Waals surface area contributed by atoms with Crippen LogP contribution in [0.1, 0.15) is 24.0 Å². The van der Waals surface area contributed by atoms with Crippen molar-refractivity contribution in [2.75, 3.05) is 16.6 Å². The highest BCUT2D eigenvalue weighted by molar-refractivity contribution is 7.92. The van der Waals surface area contributed by atoms with Crippen molar-refractivity contribution in [1.82, 2.24) is 9.97 Å². The summed E-state index contributed by atoms with van der Waals surface area (Å²) >= 11 is 0. The molecule has 10 heteroatoms. The summed E-state index contributed by atoms with van der Waals surface area (Å²) < 4.78 is 33.1.